The molecule has 19 heavy (non-hydrogen) atoms. The molecule has 2 atom stereocenters. The fourth-order valence-corrected chi connectivity index (χ4v) is 1.43. The Balaban J connectivity index is 2.86. The molecule has 0 aromatic heterocycles. The van der Waals surface area contributed by atoms with E-state index in [1.54, 1.807) is 0 Å². The number of hydrogen-bond donors (Lipinski definition) is 2. The minimum absolute atomic E-state index is 0.255. The Bertz CT molecular complexity index is 428. The van der Waals surface area contributed by atoms with Gasteiger partial charge in [0.25, 0.3) is 0 Å². The highest BCUT2D eigenvalue weighted by Gasteiger charge is 2.38. The number of benzene rings is 1. The summed E-state index contributed by atoms with van der Waals surface area (Å²) in [4.78, 5) is 0. The first kappa shape index (κ1) is 15.8. The van der Waals surface area contributed by atoms with Crippen molar-refractivity contribution < 1.29 is 31.4 Å². The van der Waals surface area contributed by atoms with Gasteiger partial charge in [0.15, 0.2) is 0 Å². The number of alkyl halides is 6. The maximum Gasteiger partial charge on any atom is 0.416 e. The van der Waals surface area contributed by atoms with E-state index < -0.39 is 36.5 Å². The van der Waals surface area contributed by atoms with Gasteiger partial charge in [0, 0.05) is 6.42 Å². The number of halogens is 6. The summed E-state index contributed by atoms with van der Waals surface area (Å²) in [6.07, 6.45) is -11.9. The summed E-state index contributed by atoms with van der Waals surface area (Å²) in [6, 6.07) is 1.20. The van der Waals surface area contributed by atoms with Crippen LogP contribution < -0.4 is 5.73 Å². The Morgan fingerprint density at radius 1 is 1.11 bits per heavy atom. The number of aliphatic hydroxyl groups excluding tert-OH is 1. The Morgan fingerprint density at radius 3 is 2.16 bits per heavy atom. The lowest BCUT2D eigenvalue weighted by Crippen LogP contribution is -2.38. The Morgan fingerprint density at radius 2 is 1.68 bits per heavy atom. The SMILES string of the molecule is N[C@@H](C[C@@H](O)c1cccc(C(F)(F)F)c1)C(F)(F)F. The van der Waals surface area contributed by atoms with E-state index in [1.165, 1.54) is 0 Å². The first-order chi connectivity index (χ1) is 8.51. The Labute approximate surface area is 104 Å². The van der Waals surface area contributed by atoms with Gasteiger partial charge in [-0.3, -0.25) is 0 Å². The summed E-state index contributed by atoms with van der Waals surface area (Å²) in [6.45, 7) is 0. The molecule has 108 valence electrons. The van der Waals surface area contributed by atoms with E-state index in [-0.39, 0.29) is 5.56 Å². The maximum absolute atomic E-state index is 12.4. The second kappa shape index (κ2) is 5.38. The minimum Gasteiger partial charge on any atom is -0.388 e. The molecule has 1 rings (SSSR count). The van der Waals surface area contributed by atoms with Crippen LogP contribution in [0.4, 0.5) is 26.3 Å². The van der Waals surface area contributed by atoms with E-state index in [2.05, 4.69) is 0 Å². The molecule has 0 aliphatic rings. The van der Waals surface area contributed by atoms with E-state index in [0.29, 0.717) is 6.07 Å². The summed E-state index contributed by atoms with van der Waals surface area (Å²) in [5.74, 6) is 0. The van der Waals surface area contributed by atoms with Crippen molar-refractivity contribution in [1.82, 2.24) is 0 Å². The molecular formula is C11H11F6NO. The van der Waals surface area contributed by atoms with Crippen LogP contribution in [0.3, 0.4) is 0 Å². The van der Waals surface area contributed by atoms with Crippen LogP contribution in [-0.4, -0.2) is 17.3 Å². The predicted octanol–water partition coefficient (Wildman–Crippen LogP) is 3.02. The zero-order chi connectivity index (χ0) is 14.8. The number of rotatable bonds is 3. The van der Waals surface area contributed by atoms with E-state index in [9.17, 15) is 31.4 Å². The highest BCUT2D eigenvalue weighted by Crippen LogP contribution is 2.32. The van der Waals surface area contributed by atoms with Crippen molar-refractivity contribution in [2.45, 2.75) is 30.9 Å². The van der Waals surface area contributed by atoms with Gasteiger partial charge >= 0.3 is 12.4 Å². The molecule has 0 saturated carbocycles. The largest absolute Gasteiger partial charge is 0.416 e. The first-order valence-corrected chi connectivity index (χ1v) is 5.19. The average Bonchev–Trinajstić information content (AvgIpc) is 2.26. The molecule has 0 heterocycles. The molecular weight excluding hydrogens is 276 g/mol. The molecule has 0 bridgehead atoms. The molecule has 1 aromatic rings. The van der Waals surface area contributed by atoms with Crippen LogP contribution in [-0.2, 0) is 6.18 Å². The molecule has 1 aromatic carbocycles. The fourth-order valence-electron chi connectivity index (χ4n) is 1.43. The maximum atomic E-state index is 12.4. The molecule has 0 fully saturated rings. The van der Waals surface area contributed by atoms with Crippen molar-refractivity contribution >= 4 is 0 Å². The summed E-state index contributed by atoms with van der Waals surface area (Å²) < 4.78 is 73.7. The van der Waals surface area contributed by atoms with Gasteiger partial charge in [0.2, 0.25) is 0 Å². The van der Waals surface area contributed by atoms with Crippen LogP contribution in [0, 0.1) is 0 Å². The molecule has 8 heteroatoms. The van der Waals surface area contributed by atoms with Gasteiger partial charge in [-0.15, -0.1) is 0 Å². The monoisotopic (exact) mass is 287 g/mol. The van der Waals surface area contributed by atoms with Crippen molar-refractivity contribution in [3.63, 3.8) is 0 Å². The van der Waals surface area contributed by atoms with Crippen molar-refractivity contribution in [3.8, 4) is 0 Å². The standard InChI is InChI=1S/C11H11F6NO/c12-10(13,14)7-3-1-2-6(4-7)8(19)5-9(18)11(15,16)17/h1-4,8-9,19H,5,18H2/t8-,9+/m1/s1. The highest BCUT2D eigenvalue weighted by atomic mass is 19.4. The van der Waals surface area contributed by atoms with Crippen molar-refractivity contribution in [2.24, 2.45) is 5.73 Å². The zero-order valence-corrected chi connectivity index (χ0v) is 9.46. The third kappa shape index (κ3) is 4.39. The second-order valence-corrected chi connectivity index (χ2v) is 4.02. The Kier molecular flexibility index (Phi) is 4.46. The molecule has 0 spiro atoms. The van der Waals surface area contributed by atoms with Gasteiger partial charge in [0.1, 0.15) is 6.04 Å². The van der Waals surface area contributed by atoms with E-state index in [0.717, 1.165) is 18.2 Å². The van der Waals surface area contributed by atoms with E-state index >= 15 is 0 Å². The molecule has 0 amide bonds. The van der Waals surface area contributed by atoms with Crippen LogP contribution in [0.5, 0.6) is 0 Å². The van der Waals surface area contributed by atoms with Crippen LogP contribution in [0.1, 0.15) is 23.7 Å². The predicted molar refractivity (Wildman–Crippen MR) is 55.1 cm³/mol. The summed E-state index contributed by atoms with van der Waals surface area (Å²) in [5.41, 5.74) is 3.51. The fraction of sp³-hybridized carbons (Fsp3) is 0.455. The smallest absolute Gasteiger partial charge is 0.388 e. The summed E-state index contributed by atoms with van der Waals surface area (Å²) >= 11 is 0. The second-order valence-electron chi connectivity index (χ2n) is 4.02. The lowest BCUT2D eigenvalue weighted by molar-refractivity contribution is -0.154. The molecule has 0 aliphatic heterocycles. The third-order valence-electron chi connectivity index (χ3n) is 2.50. The third-order valence-corrected chi connectivity index (χ3v) is 2.50. The van der Waals surface area contributed by atoms with Gasteiger partial charge in [-0.1, -0.05) is 12.1 Å². The Hall–Kier alpha value is -1.28. The molecule has 0 aliphatic carbocycles. The molecule has 3 N–H and O–H groups in total. The number of nitrogens with two attached hydrogens (primary N) is 1. The lowest BCUT2D eigenvalue weighted by Gasteiger charge is -2.20. The van der Waals surface area contributed by atoms with Crippen LogP contribution >= 0.6 is 0 Å². The van der Waals surface area contributed by atoms with Crippen LogP contribution in [0.2, 0.25) is 0 Å². The van der Waals surface area contributed by atoms with E-state index in [1.807, 2.05) is 0 Å². The van der Waals surface area contributed by atoms with Gasteiger partial charge < -0.3 is 10.8 Å². The van der Waals surface area contributed by atoms with Gasteiger partial charge in [0.05, 0.1) is 11.7 Å². The molecule has 0 unspecified atom stereocenters. The van der Waals surface area contributed by atoms with Crippen molar-refractivity contribution in [1.29, 1.82) is 0 Å². The zero-order valence-electron chi connectivity index (χ0n) is 9.46. The quantitative estimate of drug-likeness (QED) is 0.839. The van der Waals surface area contributed by atoms with Crippen LogP contribution in [0.25, 0.3) is 0 Å². The van der Waals surface area contributed by atoms with E-state index in [4.69, 9.17) is 5.73 Å². The first-order valence-electron chi connectivity index (χ1n) is 5.19. The summed E-state index contributed by atoms with van der Waals surface area (Å²) in [5, 5.41) is 9.50. The lowest BCUT2D eigenvalue weighted by atomic mass is 10.00. The number of aliphatic hydroxyl groups is 1. The van der Waals surface area contributed by atoms with Crippen molar-refractivity contribution in [2.75, 3.05) is 0 Å². The molecule has 0 saturated heterocycles. The number of hydrogen-bond acceptors (Lipinski definition) is 2. The topological polar surface area (TPSA) is 46.2 Å². The minimum atomic E-state index is -4.71. The van der Waals surface area contributed by atoms with Gasteiger partial charge in [-0.2, -0.15) is 26.3 Å². The normalized spacial score (nSPS) is 16.2. The van der Waals surface area contributed by atoms with Gasteiger partial charge in [-0.05, 0) is 17.7 Å². The molecule has 2 nitrogen and oxygen atoms in total. The average molecular weight is 287 g/mol. The van der Waals surface area contributed by atoms with Crippen molar-refractivity contribution in [3.05, 3.63) is 35.4 Å². The highest BCUT2D eigenvalue weighted by molar-refractivity contribution is 5.27. The van der Waals surface area contributed by atoms with Crippen LogP contribution in [0.15, 0.2) is 24.3 Å². The molecule has 0 radical (unpaired) electrons. The summed E-state index contributed by atoms with van der Waals surface area (Å²) in [7, 11) is 0. The van der Waals surface area contributed by atoms with Gasteiger partial charge in [-0.25, -0.2) is 0 Å².